The van der Waals surface area contributed by atoms with Gasteiger partial charge in [-0.1, -0.05) is 84.4 Å². The van der Waals surface area contributed by atoms with Crippen LogP contribution in [0.4, 0.5) is 5.69 Å². The molecule has 2 N–H and O–H groups in total. The van der Waals surface area contributed by atoms with Crippen LogP contribution in [0, 0.1) is 0 Å². The highest BCUT2D eigenvalue weighted by Gasteiger charge is 2.41. The van der Waals surface area contributed by atoms with Gasteiger partial charge < -0.3 is 20.2 Å². The Morgan fingerprint density at radius 3 is 2.36 bits per heavy atom. The van der Waals surface area contributed by atoms with Gasteiger partial charge in [0.1, 0.15) is 5.75 Å². The number of anilines is 1. The van der Waals surface area contributed by atoms with E-state index in [0.717, 1.165) is 74.7 Å². The molecule has 42 heavy (non-hydrogen) atoms. The molecule has 2 aliphatic rings. The molecule has 0 radical (unpaired) electrons. The van der Waals surface area contributed by atoms with Crippen molar-refractivity contribution in [2.45, 2.75) is 37.1 Å². The topological polar surface area (TPSA) is 55.8 Å². The Kier molecular flexibility index (Phi) is 8.50. The molecular weight excluding hydrogens is 542 g/mol. The smallest absolute Gasteiger partial charge is 0.209 e. The lowest BCUT2D eigenvalue weighted by molar-refractivity contribution is -0.119. The third-order valence-electron chi connectivity index (χ3n) is 9.10. The fraction of sp³-hybridized carbons (Fsp3) is 0.306. The Bertz CT molecular complexity index is 1500. The summed E-state index contributed by atoms with van der Waals surface area (Å²) in [7, 11) is 0. The highest BCUT2D eigenvalue weighted by Crippen LogP contribution is 2.40. The fourth-order valence-electron chi connectivity index (χ4n) is 6.87. The van der Waals surface area contributed by atoms with Crippen LogP contribution in [0.25, 0.3) is 0 Å². The van der Waals surface area contributed by atoms with Gasteiger partial charge in [0.2, 0.25) is 6.41 Å². The minimum atomic E-state index is -0.346. The molecule has 1 amide bonds. The van der Waals surface area contributed by atoms with Crippen LogP contribution in [0.2, 0.25) is 5.02 Å². The molecule has 0 spiro atoms. The van der Waals surface area contributed by atoms with Crippen LogP contribution < -0.4 is 10.2 Å². The van der Waals surface area contributed by atoms with Crippen LogP contribution in [-0.4, -0.2) is 49.1 Å². The molecule has 4 aromatic carbocycles. The molecule has 1 atom stereocenters. The van der Waals surface area contributed by atoms with Crippen molar-refractivity contribution in [1.82, 2.24) is 10.2 Å². The summed E-state index contributed by atoms with van der Waals surface area (Å²) in [4.78, 5) is 15.5. The highest BCUT2D eigenvalue weighted by molar-refractivity contribution is 6.30. The molecule has 4 aromatic rings. The van der Waals surface area contributed by atoms with Crippen molar-refractivity contribution in [3.05, 3.63) is 130 Å². The van der Waals surface area contributed by atoms with Gasteiger partial charge in [-0.05, 0) is 64.8 Å². The van der Waals surface area contributed by atoms with Crippen molar-refractivity contribution in [1.29, 1.82) is 0 Å². The number of nitrogens with zero attached hydrogens (tertiary/aromatic N) is 2. The van der Waals surface area contributed by atoms with Crippen molar-refractivity contribution in [2.75, 3.05) is 37.6 Å². The maximum absolute atomic E-state index is 11.4. The average molecular weight is 580 g/mol. The molecule has 0 bridgehead atoms. The number of hydrogen-bond donors (Lipinski definition) is 2. The summed E-state index contributed by atoms with van der Waals surface area (Å²) in [6.45, 7) is 4.05. The number of nitrogens with one attached hydrogen (secondary N) is 1. The average Bonchev–Trinajstić information content (AvgIpc) is 3.03. The number of benzene rings is 4. The first-order valence-corrected chi connectivity index (χ1v) is 15.3. The fourth-order valence-corrected chi connectivity index (χ4v) is 6.99. The van der Waals surface area contributed by atoms with Crippen LogP contribution in [-0.2, 0) is 23.2 Å². The van der Waals surface area contributed by atoms with Crippen LogP contribution in [0.15, 0.2) is 97.1 Å². The first kappa shape index (κ1) is 28.3. The molecule has 1 unspecified atom stereocenters. The first-order valence-electron chi connectivity index (χ1n) is 14.9. The van der Waals surface area contributed by atoms with E-state index in [-0.39, 0.29) is 5.54 Å². The summed E-state index contributed by atoms with van der Waals surface area (Å²) < 4.78 is 0. The third-order valence-corrected chi connectivity index (χ3v) is 9.35. The number of phenols is 1. The predicted octanol–water partition coefficient (Wildman–Crippen LogP) is 6.52. The number of piperidine rings is 1. The quantitative estimate of drug-likeness (QED) is 0.233. The van der Waals surface area contributed by atoms with E-state index < -0.39 is 0 Å². The molecule has 216 valence electrons. The van der Waals surface area contributed by atoms with Crippen LogP contribution >= 0.6 is 11.6 Å². The number of carbonyl (C=O) groups excluding carboxylic acids is 1. The lowest BCUT2D eigenvalue weighted by Crippen LogP contribution is -2.60. The molecular formula is C36H38ClN3O2. The predicted molar refractivity (Wildman–Crippen MR) is 170 cm³/mol. The van der Waals surface area contributed by atoms with E-state index in [0.29, 0.717) is 18.1 Å². The van der Waals surface area contributed by atoms with Crippen molar-refractivity contribution in [2.24, 2.45) is 0 Å². The number of rotatable bonds is 8. The second-order valence-corrected chi connectivity index (χ2v) is 12.1. The molecule has 2 heterocycles. The van der Waals surface area contributed by atoms with Crippen LogP contribution in [0.3, 0.4) is 0 Å². The van der Waals surface area contributed by atoms with Crippen molar-refractivity contribution in [3.63, 3.8) is 0 Å². The van der Waals surface area contributed by atoms with Gasteiger partial charge in [0.25, 0.3) is 0 Å². The van der Waals surface area contributed by atoms with Crippen molar-refractivity contribution < 1.29 is 9.90 Å². The van der Waals surface area contributed by atoms with Gasteiger partial charge in [0.05, 0.1) is 5.54 Å². The van der Waals surface area contributed by atoms with E-state index in [1.165, 1.54) is 22.3 Å². The largest absolute Gasteiger partial charge is 0.508 e. The zero-order chi connectivity index (χ0) is 28.9. The maximum Gasteiger partial charge on any atom is 0.209 e. The molecule has 2 saturated heterocycles. The number of aromatic hydroxyl groups is 1. The zero-order valence-electron chi connectivity index (χ0n) is 23.9. The molecule has 2 aliphatic heterocycles. The molecule has 0 aromatic heterocycles. The summed E-state index contributed by atoms with van der Waals surface area (Å²) in [5, 5.41) is 15.8. The first-order chi connectivity index (χ1) is 20.6. The summed E-state index contributed by atoms with van der Waals surface area (Å²) in [5.74, 6) is 0.749. The Hall–Kier alpha value is -3.80. The normalized spacial score (nSPS) is 19.5. The highest BCUT2D eigenvalue weighted by atomic mass is 35.5. The molecule has 6 rings (SSSR count). The Morgan fingerprint density at radius 2 is 1.62 bits per heavy atom. The summed E-state index contributed by atoms with van der Waals surface area (Å²) in [5.41, 5.74) is 6.62. The van der Waals surface area contributed by atoms with Gasteiger partial charge >= 0.3 is 0 Å². The van der Waals surface area contributed by atoms with Gasteiger partial charge in [-0.2, -0.15) is 0 Å². The SMILES string of the molecule is O=CN1CCC(c2ccccc2Cc2ccc(N3CCNCC3(Cc3ccccc3)c3ccc(Cl)cc3)cc2O)CC1. The van der Waals surface area contributed by atoms with Crippen LogP contribution in [0.1, 0.15) is 46.6 Å². The van der Waals surface area contributed by atoms with E-state index in [1.54, 1.807) is 0 Å². The van der Waals surface area contributed by atoms with Crippen molar-refractivity contribution in [3.8, 4) is 5.75 Å². The van der Waals surface area contributed by atoms with E-state index in [1.807, 2.05) is 23.1 Å². The summed E-state index contributed by atoms with van der Waals surface area (Å²) in [6, 6.07) is 33.6. The summed E-state index contributed by atoms with van der Waals surface area (Å²) >= 11 is 6.31. The number of carbonyl (C=O) groups is 1. The minimum Gasteiger partial charge on any atom is -0.508 e. The standard InChI is InChI=1S/C36H38ClN3O2/c37-32-13-11-31(12-14-32)36(24-27-6-2-1-3-7-27)25-38-18-21-40(36)33-15-10-30(35(42)23-33)22-29-8-4-5-9-34(29)28-16-19-39(26-41)20-17-28/h1-15,23,26,28,38,42H,16-22,24-25H2. The number of likely N-dealkylation sites (tertiary alicyclic amines) is 1. The Morgan fingerprint density at radius 1 is 0.881 bits per heavy atom. The third kappa shape index (κ3) is 5.90. The lowest BCUT2D eigenvalue weighted by atomic mass is 9.80. The number of amides is 1. The number of hydrogen-bond acceptors (Lipinski definition) is 4. The zero-order valence-corrected chi connectivity index (χ0v) is 24.6. The van der Waals surface area contributed by atoms with E-state index in [9.17, 15) is 9.90 Å². The number of phenolic OH excluding ortho intramolecular Hbond substituents is 1. The van der Waals surface area contributed by atoms with Gasteiger partial charge in [-0.3, -0.25) is 4.79 Å². The maximum atomic E-state index is 11.4. The minimum absolute atomic E-state index is 0.321. The second kappa shape index (κ2) is 12.6. The van der Waals surface area contributed by atoms with Crippen LogP contribution in [0.5, 0.6) is 5.75 Å². The molecule has 0 saturated carbocycles. The van der Waals surface area contributed by atoms with Gasteiger partial charge in [-0.25, -0.2) is 0 Å². The molecule has 2 fully saturated rings. The van der Waals surface area contributed by atoms with Gasteiger partial charge in [0.15, 0.2) is 0 Å². The Balaban J connectivity index is 1.31. The van der Waals surface area contributed by atoms with Gasteiger partial charge in [-0.15, -0.1) is 0 Å². The van der Waals surface area contributed by atoms with E-state index in [4.69, 9.17) is 11.6 Å². The number of halogens is 1. The van der Waals surface area contributed by atoms with E-state index >= 15 is 0 Å². The summed E-state index contributed by atoms with van der Waals surface area (Å²) in [6.07, 6.45) is 4.39. The van der Waals surface area contributed by atoms with Crippen molar-refractivity contribution >= 4 is 23.7 Å². The number of piperazine rings is 1. The van der Waals surface area contributed by atoms with E-state index in [2.05, 4.69) is 89.1 Å². The second-order valence-electron chi connectivity index (χ2n) is 11.6. The molecule has 6 heteroatoms. The Labute approximate surface area is 253 Å². The molecule has 5 nitrogen and oxygen atoms in total. The lowest BCUT2D eigenvalue weighted by Gasteiger charge is -2.50. The monoisotopic (exact) mass is 579 g/mol. The van der Waals surface area contributed by atoms with Gasteiger partial charge in [0, 0.05) is 62.3 Å². The molecule has 0 aliphatic carbocycles.